The summed E-state index contributed by atoms with van der Waals surface area (Å²) in [4.78, 5) is 1.85. The van der Waals surface area contributed by atoms with Crippen molar-refractivity contribution in [1.29, 1.82) is 0 Å². The molecule has 0 N–H and O–H groups in total. The minimum atomic E-state index is 0.486. The van der Waals surface area contributed by atoms with Crippen LogP contribution in [0.4, 0.5) is 0 Å². The highest BCUT2D eigenvalue weighted by Gasteiger charge is 2.23. The zero-order valence-corrected chi connectivity index (χ0v) is 13.8. The summed E-state index contributed by atoms with van der Waals surface area (Å²) in [6.07, 6.45) is 8.28. The molecule has 1 aromatic heterocycles. The molecule has 1 aliphatic rings. The summed E-state index contributed by atoms with van der Waals surface area (Å²) in [5.41, 5.74) is 0. The van der Waals surface area contributed by atoms with Crippen LogP contribution >= 0.6 is 54.8 Å². The molecular formula is C12H15Br2ClS. The van der Waals surface area contributed by atoms with E-state index in [1.165, 1.54) is 43.4 Å². The van der Waals surface area contributed by atoms with Crippen molar-refractivity contribution in [2.45, 2.75) is 43.4 Å². The second-order valence-electron chi connectivity index (χ2n) is 4.42. The van der Waals surface area contributed by atoms with E-state index >= 15 is 0 Å². The van der Waals surface area contributed by atoms with Crippen LogP contribution in [0, 0.1) is 5.92 Å². The van der Waals surface area contributed by atoms with Crippen LogP contribution in [-0.2, 0) is 0 Å². The third-order valence-electron chi connectivity index (χ3n) is 3.25. The van der Waals surface area contributed by atoms with Gasteiger partial charge >= 0.3 is 0 Å². The topological polar surface area (TPSA) is 0 Å². The van der Waals surface area contributed by atoms with E-state index in [0.29, 0.717) is 4.83 Å². The van der Waals surface area contributed by atoms with Gasteiger partial charge in [0.2, 0.25) is 0 Å². The fraction of sp³-hybridized carbons (Fsp3) is 0.667. The van der Waals surface area contributed by atoms with Gasteiger partial charge in [-0.2, -0.15) is 0 Å². The van der Waals surface area contributed by atoms with Gasteiger partial charge in [0.1, 0.15) is 0 Å². The average molecular weight is 387 g/mol. The highest BCUT2D eigenvalue weighted by atomic mass is 79.9. The van der Waals surface area contributed by atoms with Crippen molar-refractivity contribution in [3.63, 3.8) is 0 Å². The quantitative estimate of drug-likeness (QED) is 0.398. The highest BCUT2D eigenvalue weighted by Crippen LogP contribution is 2.45. The molecule has 0 nitrogen and oxygen atoms in total. The maximum absolute atomic E-state index is 6.09. The SMILES string of the molecule is Clc1cc(C(Br)C2CCCCCC2)sc1Br. The Morgan fingerprint density at radius 1 is 1.25 bits per heavy atom. The molecule has 1 fully saturated rings. The molecule has 0 aliphatic heterocycles. The predicted octanol–water partition coefficient (Wildman–Crippen LogP) is 6.57. The highest BCUT2D eigenvalue weighted by molar-refractivity contribution is 9.11. The van der Waals surface area contributed by atoms with E-state index in [1.807, 2.05) is 0 Å². The Morgan fingerprint density at radius 3 is 2.38 bits per heavy atom. The summed E-state index contributed by atoms with van der Waals surface area (Å²) < 4.78 is 1.06. The molecule has 1 saturated carbocycles. The molecule has 1 aromatic rings. The van der Waals surface area contributed by atoms with Gasteiger partial charge in [0.25, 0.3) is 0 Å². The molecular weight excluding hydrogens is 371 g/mol. The van der Waals surface area contributed by atoms with Gasteiger partial charge in [-0.3, -0.25) is 0 Å². The first-order valence-corrected chi connectivity index (χ1v) is 8.67. The molecule has 90 valence electrons. The average Bonchev–Trinajstić information content (AvgIpc) is 2.51. The van der Waals surface area contributed by atoms with Gasteiger partial charge in [0.15, 0.2) is 0 Å². The Bertz CT molecular complexity index is 323. The minimum absolute atomic E-state index is 0.486. The first kappa shape index (κ1) is 13.4. The Labute approximate surface area is 123 Å². The molecule has 0 spiro atoms. The Hall–Kier alpha value is 0.950. The Balaban J connectivity index is 2.07. The van der Waals surface area contributed by atoms with E-state index in [-0.39, 0.29) is 0 Å². The molecule has 1 heterocycles. The lowest BCUT2D eigenvalue weighted by Crippen LogP contribution is -2.05. The molecule has 0 aromatic carbocycles. The lowest BCUT2D eigenvalue weighted by Gasteiger charge is -2.19. The van der Waals surface area contributed by atoms with Gasteiger partial charge in [-0.25, -0.2) is 0 Å². The van der Waals surface area contributed by atoms with Gasteiger partial charge in [-0.05, 0) is 40.8 Å². The molecule has 0 bridgehead atoms. The van der Waals surface area contributed by atoms with E-state index in [9.17, 15) is 0 Å². The van der Waals surface area contributed by atoms with E-state index in [1.54, 1.807) is 11.3 Å². The summed E-state index contributed by atoms with van der Waals surface area (Å²) in [7, 11) is 0. The van der Waals surface area contributed by atoms with Crippen molar-refractivity contribution in [1.82, 2.24) is 0 Å². The largest absolute Gasteiger partial charge is 0.130 e. The summed E-state index contributed by atoms with van der Waals surface area (Å²) >= 11 is 15.2. The summed E-state index contributed by atoms with van der Waals surface area (Å²) in [6, 6.07) is 2.10. The fourth-order valence-electron chi connectivity index (χ4n) is 2.34. The van der Waals surface area contributed by atoms with Gasteiger partial charge in [-0.1, -0.05) is 53.2 Å². The summed E-state index contributed by atoms with van der Waals surface area (Å²) in [5, 5.41) is 0.845. The van der Waals surface area contributed by atoms with Crippen molar-refractivity contribution in [2.24, 2.45) is 5.92 Å². The molecule has 1 aliphatic carbocycles. The number of alkyl halides is 1. The minimum Gasteiger partial charge on any atom is -0.130 e. The predicted molar refractivity (Wildman–Crippen MR) is 79.9 cm³/mol. The first-order valence-electron chi connectivity index (χ1n) is 5.77. The van der Waals surface area contributed by atoms with Crippen LogP contribution in [-0.4, -0.2) is 0 Å². The molecule has 2 rings (SSSR count). The van der Waals surface area contributed by atoms with E-state index < -0.39 is 0 Å². The van der Waals surface area contributed by atoms with Crippen LogP contribution in [0.1, 0.15) is 48.2 Å². The van der Waals surface area contributed by atoms with Crippen molar-refractivity contribution in [3.8, 4) is 0 Å². The van der Waals surface area contributed by atoms with Crippen molar-refractivity contribution in [2.75, 3.05) is 0 Å². The number of halogens is 3. The van der Waals surface area contributed by atoms with Gasteiger partial charge in [0.05, 0.1) is 13.6 Å². The molecule has 0 radical (unpaired) electrons. The number of rotatable bonds is 2. The molecule has 1 atom stereocenters. The number of thiophene rings is 1. The molecule has 16 heavy (non-hydrogen) atoms. The Kier molecular flexibility index (Phi) is 5.20. The van der Waals surface area contributed by atoms with Crippen molar-refractivity contribution >= 4 is 54.8 Å². The summed E-state index contributed by atoms with van der Waals surface area (Å²) in [5.74, 6) is 0.782. The van der Waals surface area contributed by atoms with Crippen LogP contribution in [0.3, 0.4) is 0 Å². The summed E-state index contributed by atoms with van der Waals surface area (Å²) in [6.45, 7) is 0. The second kappa shape index (κ2) is 6.21. The maximum Gasteiger partial charge on any atom is 0.0887 e. The van der Waals surface area contributed by atoms with Gasteiger partial charge in [0, 0.05) is 4.88 Å². The van der Waals surface area contributed by atoms with E-state index in [4.69, 9.17) is 11.6 Å². The van der Waals surface area contributed by atoms with E-state index in [0.717, 1.165) is 14.7 Å². The monoisotopic (exact) mass is 384 g/mol. The van der Waals surface area contributed by atoms with Crippen molar-refractivity contribution < 1.29 is 0 Å². The Morgan fingerprint density at radius 2 is 1.88 bits per heavy atom. The third kappa shape index (κ3) is 3.24. The zero-order valence-electron chi connectivity index (χ0n) is 9.02. The van der Waals surface area contributed by atoms with Gasteiger partial charge in [-0.15, -0.1) is 11.3 Å². The lowest BCUT2D eigenvalue weighted by molar-refractivity contribution is 0.457. The zero-order chi connectivity index (χ0) is 11.5. The molecule has 0 amide bonds. The van der Waals surface area contributed by atoms with Crippen molar-refractivity contribution in [3.05, 3.63) is 19.8 Å². The second-order valence-corrected chi connectivity index (χ2v) is 8.22. The van der Waals surface area contributed by atoms with Crippen LogP contribution in [0.5, 0.6) is 0 Å². The van der Waals surface area contributed by atoms with Crippen LogP contribution in [0.15, 0.2) is 9.85 Å². The molecule has 4 heteroatoms. The van der Waals surface area contributed by atoms with Crippen LogP contribution < -0.4 is 0 Å². The molecule has 0 saturated heterocycles. The number of hydrogen-bond donors (Lipinski definition) is 0. The smallest absolute Gasteiger partial charge is 0.0887 e. The maximum atomic E-state index is 6.09. The normalized spacial score (nSPS) is 20.7. The molecule has 1 unspecified atom stereocenters. The van der Waals surface area contributed by atoms with Crippen LogP contribution in [0.25, 0.3) is 0 Å². The van der Waals surface area contributed by atoms with E-state index in [2.05, 4.69) is 37.9 Å². The fourth-order valence-corrected chi connectivity index (χ4v) is 5.09. The van der Waals surface area contributed by atoms with Crippen LogP contribution in [0.2, 0.25) is 5.02 Å². The first-order chi connectivity index (χ1) is 7.68. The standard InChI is InChI=1S/C12H15Br2ClS/c13-11(8-5-3-1-2-4-6-8)10-7-9(15)12(14)16-10/h7-8,11H,1-6H2. The van der Waals surface area contributed by atoms with Gasteiger partial charge < -0.3 is 0 Å². The number of hydrogen-bond acceptors (Lipinski definition) is 1. The third-order valence-corrected chi connectivity index (χ3v) is 7.35. The lowest BCUT2D eigenvalue weighted by atomic mass is 9.96.